The van der Waals surface area contributed by atoms with Crippen molar-refractivity contribution < 1.29 is 27.4 Å². The molecule has 0 aliphatic carbocycles. The second kappa shape index (κ2) is 9.07. The second-order valence-corrected chi connectivity index (χ2v) is 7.93. The average molecular weight is 414 g/mol. The van der Waals surface area contributed by atoms with Crippen LogP contribution in [0, 0.1) is 0 Å². The molecule has 0 spiro atoms. The van der Waals surface area contributed by atoms with E-state index in [1.54, 1.807) is 48.5 Å². The Morgan fingerprint density at radius 1 is 1.04 bits per heavy atom. The summed E-state index contributed by atoms with van der Waals surface area (Å²) < 4.78 is 40.8. The van der Waals surface area contributed by atoms with Crippen LogP contribution < -0.4 is 9.04 Å². The van der Waals surface area contributed by atoms with E-state index >= 15 is 0 Å². The van der Waals surface area contributed by atoms with Crippen molar-refractivity contribution in [2.75, 3.05) is 31.3 Å². The fourth-order valence-electron chi connectivity index (χ4n) is 2.28. The van der Waals surface area contributed by atoms with Crippen LogP contribution in [0.2, 0.25) is 5.02 Å². The Morgan fingerprint density at radius 2 is 1.56 bits per heavy atom. The standard InChI is InChI=1S/C18H20ClNO6S/c1-24-17(18(21)25-2)12-20(27(3,22)23)14-6-10-16(11-7-14)26-15-8-4-13(19)5-9-15/h4-11,17H,12H2,1-3H3/t17-/m0/s1. The zero-order chi connectivity index (χ0) is 20.0. The van der Waals surface area contributed by atoms with Crippen molar-refractivity contribution in [2.45, 2.75) is 6.10 Å². The molecule has 9 heteroatoms. The third-order valence-electron chi connectivity index (χ3n) is 3.65. The molecule has 0 bridgehead atoms. The van der Waals surface area contributed by atoms with Crippen molar-refractivity contribution in [2.24, 2.45) is 0 Å². The van der Waals surface area contributed by atoms with Crippen molar-refractivity contribution in [3.05, 3.63) is 53.6 Å². The van der Waals surface area contributed by atoms with E-state index < -0.39 is 22.1 Å². The Kier molecular flexibility index (Phi) is 7.06. The van der Waals surface area contributed by atoms with Crippen molar-refractivity contribution in [3.8, 4) is 11.5 Å². The van der Waals surface area contributed by atoms with E-state index in [1.165, 1.54) is 14.2 Å². The number of ether oxygens (including phenoxy) is 3. The van der Waals surface area contributed by atoms with Gasteiger partial charge in [0.1, 0.15) is 11.5 Å². The van der Waals surface area contributed by atoms with E-state index in [9.17, 15) is 13.2 Å². The number of carbonyl (C=O) groups is 1. The van der Waals surface area contributed by atoms with Gasteiger partial charge in [-0.1, -0.05) is 11.6 Å². The molecule has 0 aromatic heterocycles. The van der Waals surface area contributed by atoms with Crippen molar-refractivity contribution in [1.82, 2.24) is 0 Å². The minimum Gasteiger partial charge on any atom is -0.467 e. The Bertz CT molecular complexity index is 868. The second-order valence-electron chi connectivity index (χ2n) is 5.59. The van der Waals surface area contributed by atoms with E-state index in [0.29, 0.717) is 22.2 Å². The maximum absolute atomic E-state index is 12.2. The third kappa shape index (κ3) is 5.85. The number of hydrogen-bond donors (Lipinski definition) is 0. The van der Waals surface area contributed by atoms with E-state index in [-0.39, 0.29) is 6.54 Å². The molecule has 0 heterocycles. The summed E-state index contributed by atoms with van der Waals surface area (Å²) in [5, 5.41) is 0.597. The largest absolute Gasteiger partial charge is 0.467 e. The van der Waals surface area contributed by atoms with Gasteiger partial charge in [0, 0.05) is 12.1 Å². The monoisotopic (exact) mass is 413 g/mol. The number of benzene rings is 2. The van der Waals surface area contributed by atoms with Gasteiger partial charge >= 0.3 is 5.97 Å². The highest BCUT2D eigenvalue weighted by Gasteiger charge is 2.27. The zero-order valence-corrected chi connectivity index (χ0v) is 16.7. The molecule has 0 saturated carbocycles. The summed E-state index contributed by atoms with van der Waals surface area (Å²) in [5.74, 6) is 0.455. The Hall–Kier alpha value is -2.29. The molecule has 27 heavy (non-hydrogen) atoms. The lowest BCUT2D eigenvalue weighted by Gasteiger charge is -2.25. The molecule has 2 aromatic carbocycles. The number of sulfonamides is 1. The first kappa shape index (κ1) is 21.0. The molecule has 0 saturated heterocycles. The summed E-state index contributed by atoms with van der Waals surface area (Å²) in [6.07, 6.45) is 0.00416. The number of esters is 1. The molecule has 2 aromatic rings. The SMILES string of the molecule is COC(=O)[C@H](CN(c1ccc(Oc2ccc(Cl)cc2)cc1)S(C)(=O)=O)OC. The number of rotatable bonds is 8. The lowest BCUT2D eigenvalue weighted by atomic mass is 10.2. The first-order chi connectivity index (χ1) is 12.7. The van der Waals surface area contributed by atoms with Gasteiger partial charge in [0.15, 0.2) is 6.10 Å². The molecule has 2 rings (SSSR count). The van der Waals surface area contributed by atoms with Gasteiger partial charge in [0.2, 0.25) is 10.0 Å². The van der Waals surface area contributed by atoms with Gasteiger partial charge in [-0.3, -0.25) is 4.31 Å². The average Bonchev–Trinajstić information content (AvgIpc) is 2.64. The van der Waals surface area contributed by atoms with Crippen LogP contribution in [-0.4, -0.2) is 47.5 Å². The fourth-order valence-corrected chi connectivity index (χ4v) is 3.32. The number of anilines is 1. The van der Waals surface area contributed by atoms with E-state index in [2.05, 4.69) is 4.74 Å². The van der Waals surface area contributed by atoms with E-state index in [0.717, 1.165) is 10.6 Å². The van der Waals surface area contributed by atoms with Crippen LogP contribution in [0.4, 0.5) is 5.69 Å². The van der Waals surface area contributed by atoms with Crippen molar-refractivity contribution in [3.63, 3.8) is 0 Å². The minimum absolute atomic E-state index is 0.209. The summed E-state index contributed by atoms with van der Waals surface area (Å²) in [6.45, 7) is -0.209. The van der Waals surface area contributed by atoms with Crippen LogP contribution in [-0.2, 0) is 24.3 Å². The highest BCUT2D eigenvalue weighted by molar-refractivity contribution is 7.92. The van der Waals surface area contributed by atoms with Crippen LogP contribution in [0.3, 0.4) is 0 Å². The summed E-state index contributed by atoms with van der Waals surface area (Å²) in [4.78, 5) is 11.7. The predicted octanol–water partition coefficient (Wildman–Crippen LogP) is 3.09. The van der Waals surface area contributed by atoms with Gasteiger partial charge in [-0.05, 0) is 48.5 Å². The molecule has 1 atom stereocenters. The molecular formula is C18H20ClNO6S. The Labute approximate surface area is 163 Å². The lowest BCUT2D eigenvalue weighted by Crippen LogP contribution is -2.41. The molecular weight excluding hydrogens is 394 g/mol. The number of halogens is 1. The smallest absolute Gasteiger partial charge is 0.336 e. The number of methoxy groups -OCH3 is 2. The van der Waals surface area contributed by atoms with Crippen molar-refractivity contribution in [1.29, 1.82) is 0 Å². The fraction of sp³-hybridized carbons (Fsp3) is 0.278. The quantitative estimate of drug-likeness (QED) is 0.618. The molecule has 7 nitrogen and oxygen atoms in total. The van der Waals surface area contributed by atoms with E-state index in [1.807, 2.05) is 0 Å². The predicted molar refractivity (Wildman–Crippen MR) is 103 cm³/mol. The summed E-state index contributed by atoms with van der Waals surface area (Å²) in [5.41, 5.74) is 0.368. The van der Waals surface area contributed by atoms with Crippen LogP contribution >= 0.6 is 11.6 Å². The molecule has 0 aliphatic rings. The summed E-state index contributed by atoms with van der Waals surface area (Å²) >= 11 is 5.84. The Morgan fingerprint density at radius 3 is 2.00 bits per heavy atom. The molecule has 0 aliphatic heterocycles. The Balaban J connectivity index is 2.21. The molecule has 0 amide bonds. The number of carbonyl (C=O) groups excluding carboxylic acids is 1. The molecule has 0 unspecified atom stereocenters. The van der Waals surface area contributed by atoms with Gasteiger partial charge in [-0.25, -0.2) is 13.2 Å². The van der Waals surface area contributed by atoms with Crippen LogP contribution in [0.15, 0.2) is 48.5 Å². The van der Waals surface area contributed by atoms with Gasteiger partial charge < -0.3 is 14.2 Å². The van der Waals surface area contributed by atoms with Gasteiger partial charge in [-0.2, -0.15) is 0 Å². The van der Waals surface area contributed by atoms with Crippen LogP contribution in [0.1, 0.15) is 0 Å². The maximum Gasteiger partial charge on any atom is 0.336 e. The first-order valence-electron chi connectivity index (χ1n) is 7.86. The highest BCUT2D eigenvalue weighted by Crippen LogP contribution is 2.26. The summed E-state index contributed by atoms with van der Waals surface area (Å²) in [7, 11) is -1.13. The number of hydrogen-bond acceptors (Lipinski definition) is 6. The molecule has 0 N–H and O–H groups in total. The van der Waals surface area contributed by atoms with Gasteiger partial charge in [0.25, 0.3) is 0 Å². The van der Waals surface area contributed by atoms with Crippen LogP contribution in [0.5, 0.6) is 11.5 Å². The van der Waals surface area contributed by atoms with Gasteiger partial charge in [0.05, 0.1) is 25.6 Å². The maximum atomic E-state index is 12.2. The molecule has 0 radical (unpaired) electrons. The minimum atomic E-state index is -3.65. The molecule has 146 valence electrons. The summed E-state index contributed by atoms with van der Waals surface area (Å²) in [6, 6.07) is 13.3. The van der Waals surface area contributed by atoms with Crippen LogP contribution in [0.25, 0.3) is 0 Å². The van der Waals surface area contributed by atoms with E-state index in [4.69, 9.17) is 21.1 Å². The lowest BCUT2D eigenvalue weighted by molar-refractivity contribution is -0.151. The third-order valence-corrected chi connectivity index (χ3v) is 5.07. The molecule has 0 fully saturated rings. The zero-order valence-electron chi connectivity index (χ0n) is 15.1. The first-order valence-corrected chi connectivity index (χ1v) is 10.1. The van der Waals surface area contributed by atoms with Gasteiger partial charge in [-0.15, -0.1) is 0 Å². The van der Waals surface area contributed by atoms with Crippen molar-refractivity contribution >= 4 is 33.3 Å². The normalized spacial score (nSPS) is 12.3. The highest BCUT2D eigenvalue weighted by atomic mass is 35.5. The topological polar surface area (TPSA) is 82.1 Å². The number of nitrogens with zero attached hydrogens (tertiary/aromatic N) is 1.